The molecule has 5 nitrogen and oxygen atoms in total. The number of nitrogens with one attached hydrogen (secondary N) is 1. The molecule has 3 rings (SSSR count). The van der Waals surface area contributed by atoms with E-state index in [-0.39, 0.29) is 11.6 Å². The summed E-state index contributed by atoms with van der Waals surface area (Å²) in [7, 11) is 0. The van der Waals surface area contributed by atoms with Gasteiger partial charge in [-0.15, -0.1) is 0 Å². The molecule has 1 aliphatic carbocycles. The van der Waals surface area contributed by atoms with Gasteiger partial charge in [-0.05, 0) is 48.6 Å². The molecule has 6 heteroatoms. The number of anilines is 1. The second-order valence-corrected chi connectivity index (χ2v) is 5.68. The summed E-state index contributed by atoms with van der Waals surface area (Å²) in [4.78, 5) is 22.3. The number of nitro groups is 1. The highest BCUT2D eigenvalue weighted by molar-refractivity contribution is 6.34. The largest absolute Gasteiger partial charge is 0.321 e. The SMILES string of the molecule is O=C(Nc1cc(C2CC2)ccc1Cl)c1ccc([N+](=O)[O-])cc1. The molecule has 2 aromatic carbocycles. The van der Waals surface area contributed by atoms with Gasteiger partial charge in [0.15, 0.2) is 0 Å². The van der Waals surface area contributed by atoms with Gasteiger partial charge in [0.2, 0.25) is 0 Å². The van der Waals surface area contributed by atoms with Crippen molar-refractivity contribution in [2.45, 2.75) is 18.8 Å². The lowest BCUT2D eigenvalue weighted by molar-refractivity contribution is -0.384. The molecule has 0 saturated heterocycles. The van der Waals surface area contributed by atoms with Crippen LogP contribution in [-0.4, -0.2) is 10.8 Å². The van der Waals surface area contributed by atoms with Gasteiger partial charge in [0.25, 0.3) is 11.6 Å². The van der Waals surface area contributed by atoms with Crippen molar-refractivity contribution in [2.24, 2.45) is 0 Å². The molecule has 0 aliphatic heterocycles. The highest BCUT2D eigenvalue weighted by Gasteiger charge is 2.24. The predicted octanol–water partition coefficient (Wildman–Crippen LogP) is 4.38. The van der Waals surface area contributed by atoms with Gasteiger partial charge >= 0.3 is 0 Å². The van der Waals surface area contributed by atoms with Crippen molar-refractivity contribution >= 4 is 28.9 Å². The van der Waals surface area contributed by atoms with Crippen LogP contribution in [0, 0.1) is 10.1 Å². The van der Waals surface area contributed by atoms with Crippen molar-refractivity contribution in [3.05, 3.63) is 68.7 Å². The first kappa shape index (κ1) is 14.5. The number of carbonyl (C=O) groups is 1. The molecule has 1 amide bonds. The number of nitro benzene ring substituents is 1. The Morgan fingerprint density at radius 1 is 1.18 bits per heavy atom. The van der Waals surface area contributed by atoms with Crippen LogP contribution in [0.5, 0.6) is 0 Å². The standard InChI is InChI=1S/C16H13ClN2O3/c17-14-8-5-12(10-1-2-10)9-15(14)18-16(20)11-3-6-13(7-4-11)19(21)22/h3-10H,1-2H2,(H,18,20). The van der Waals surface area contributed by atoms with E-state index in [0.717, 1.165) is 12.8 Å². The van der Waals surface area contributed by atoms with Crippen molar-refractivity contribution in [1.29, 1.82) is 0 Å². The zero-order valence-electron chi connectivity index (χ0n) is 11.6. The van der Waals surface area contributed by atoms with E-state index in [9.17, 15) is 14.9 Å². The lowest BCUT2D eigenvalue weighted by Gasteiger charge is -2.09. The maximum Gasteiger partial charge on any atom is 0.269 e. The normalized spacial score (nSPS) is 13.7. The fourth-order valence-corrected chi connectivity index (χ4v) is 2.40. The van der Waals surface area contributed by atoms with Crippen LogP contribution >= 0.6 is 11.6 Å². The minimum absolute atomic E-state index is 0.0506. The van der Waals surface area contributed by atoms with Gasteiger partial charge < -0.3 is 5.32 Å². The third kappa shape index (κ3) is 3.09. The monoisotopic (exact) mass is 316 g/mol. The fourth-order valence-electron chi connectivity index (χ4n) is 2.24. The van der Waals surface area contributed by atoms with Gasteiger partial charge in [-0.1, -0.05) is 17.7 Å². The fraction of sp³-hybridized carbons (Fsp3) is 0.188. The van der Waals surface area contributed by atoms with Crippen LogP contribution in [-0.2, 0) is 0 Å². The summed E-state index contributed by atoms with van der Waals surface area (Å²) >= 11 is 6.12. The third-order valence-corrected chi connectivity index (χ3v) is 3.96. The summed E-state index contributed by atoms with van der Waals surface area (Å²) in [5, 5.41) is 13.8. The summed E-state index contributed by atoms with van der Waals surface area (Å²) in [6.45, 7) is 0. The van der Waals surface area contributed by atoms with Crippen molar-refractivity contribution in [1.82, 2.24) is 0 Å². The summed E-state index contributed by atoms with van der Waals surface area (Å²) in [5.41, 5.74) is 2.03. The molecule has 0 heterocycles. The molecule has 1 fully saturated rings. The Hall–Kier alpha value is -2.40. The van der Waals surface area contributed by atoms with E-state index in [1.54, 1.807) is 6.07 Å². The Kier molecular flexibility index (Phi) is 3.81. The minimum atomic E-state index is -0.502. The van der Waals surface area contributed by atoms with Crippen LogP contribution in [0.2, 0.25) is 5.02 Å². The Balaban J connectivity index is 1.78. The van der Waals surface area contributed by atoms with Gasteiger partial charge in [0.1, 0.15) is 0 Å². The lowest BCUT2D eigenvalue weighted by atomic mass is 10.1. The second kappa shape index (κ2) is 5.77. The molecule has 0 aromatic heterocycles. The summed E-state index contributed by atoms with van der Waals surface area (Å²) in [5.74, 6) is 0.219. The number of benzene rings is 2. The topological polar surface area (TPSA) is 72.2 Å². The Bertz CT molecular complexity index is 740. The molecule has 1 aliphatic rings. The summed E-state index contributed by atoms with van der Waals surface area (Å²) in [6, 6.07) is 11.1. The second-order valence-electron chi connectivity index (χ2n) is 5.27. The number of carbonyl (C=O) groups excluding carboxylic acids is 1. The van der Waals surface area contributed by atoms with Gasteiger partial charge in [0, 0.05) is 17.7 Å². The van der Waals surface area contributed by atoms with Gasteiger partial charge in [0.05, 0.1) is 15.6 Å². The van der Waals surface area contributed by atoms with E-state index in [2.05, 4.69) is 5.32 Å². The molecule has 0 atom stereocenters. The molecular formula is C16H13ClN2O3. The minimum Gasteiger partial charge on any atom is -0.321 e. The maximum atomic E-state index is 12.2. The van der Waals surface area contributed by atoms with E-state index >= 15 is 0 Å². The molecule has 0 bridgehead atoms. The van der Waals surface area contributed by atoms with Crippen LogP contribution in [0.1, 0.15) is 34.7 Å². The maximum absolute atomic E-state index is 12.2. The molecule has 0 spiro atoms. The highest BCUT2D eigenvalue weighted by atomic mass is 35.5. The lowest BCUT2D eigenvalue weighted by Crippen LogP contribution is -2.12. The quantitative estimate of drug-likeness (QED) is 0.672. The van der Waals surface area contributed by atoms with Crippen LogP contribution in [0.15, 0.2) is 42.5 Å². The summed E-state index contributed by atoms with van der Waals surface area (Å²) < 4.78 is 0. The average molecular weight is 317 g/mol. The highest BCUT2D eigenvalue weighted by Crippen LogP contribution is 2.41. The molecule has 0 unspecified atom stereocenters. The first-order valence-corrected chi connectivity index (χ1v) is 7.27. The van der Waals surface area contributed by atoms with Crippen molar-refractivity contribution in [3.63, 3.8) is 0 Å². The van der Waals surface area contributed by atoms with Gasteiger partial charge in [-0.3, -0.25) is 14.9 Å². The van der Waals surface area contributed by atoms with Crippen LogP contribution in [0.4, 0.5) is 11.4 Å². The van der Waals surface area contributed by atoms with Crippen LogP contribution in [0.25, 0.3) is 0 Å². The molecular weight excluding hydrogens is 304 g/mol. The average Bonchev–Trinajstić information content (AvgIpc) is 3.34. The number of nitrogens with zero attached hydrogens (tertiary/aromatic N) is 1. The Morgan fingerprint density at radius 3 is 2.45 bits per heavy atom. The molecule has 0 radical (unpaired) electrons. The van der Waals surface area contributed by atoms with Crippen molar-refractivity contribution in [2.75, 3.05) is 5.32 Å². The van der Waals surface area contributed by atoms with Crippen molar-refractivity contribution in [3.8, 4) is 0 Å². The Labute approximate surface area is 132 Å². The van der Waals surface area contributed by atoms with E-state index < -0.39 is 4.92 Å². The summed E-state index contributed by atoms with van der Waals surface area (Å²) in [6.07, 6.45) is 2.33. The number of hydrogen-bond donors (Lipinski definition) is 1. The van der Waals surface area contributed by atoms with E-state index in [1.165, 1.54) is 29.8 Å². The first-order valence-electron chi connectivity index (χ1n) is 6.90. The molecule has 1 saturated carbocycles. The number of amides is 1. The van der Waals surface area contributed by atoms with E-state index in [1.807, 2.05) is 12.1 Å². The zero-order chi connectivity index (χ0) is 15.7. The third-order valence-electron chi connectivity index (χ3n) is 3.63. The van der Waals surface area contributed by atoms with Gasteiger partial charge in [-0.2, -0.15) is 0 Å². The first-order chi connectivity index (χ1) is 10.5. The van der Waals surface area contributed by atoms with Gasteiger partial charge in [-0.25, -0.2) is 0 Å². The van der Waals surface area contributed by atoms with E-state index in [4.69, 9.17) is 11.6 Å². The molecule has 22 heavy (non-hydrogen) atoms. The predicted molar refractivity (Wildman–Crippen MR) is 84.5 cm³/mol. The number of halogens is 1. The molecule has 112 valence electrons. The number of hydrogen-bond acceptors (Lipinski definition) is 3. The smallest absolute Gasteiger partial charge is 0.269 e. The van der Waals surface area contributed by atoms with Crippen molar-refractivity contribution < 1.29 is 9.72 Å². The zero-order valence-corrected chi connectivity index (χ0v) is 12.3. The molecule has 2 aromatic rings. The Morgan fingerprint density at radius 2 is 1.86 bits per heavy atom. The number of rotatable bonds is 4. The number of non-ortho nitro benzene ring substituents is 1. The van der Waals surface area contributed by atoms with Crippen LogP contribution in [0.3, 0.4) is 0 Å². The molecule has 1 N–H and O–H groups in total. The van der Waals surface area contributed by atoms with Crippen LogP contribution < -0.4 is 5.32 Å². The van der Waals surface area contributed by atoms with E-state index in [0.29, 0.717) is 22.2 Å².